The highest BCUT2D eigenvalue weighted by atomic mass is 32.2. The second kappa shape index (κ2) is 11.6. The first-order valence-corrected chi connectivity index (χ1v) is 15.4. The van der Waals surface area contributed by atoms with Gasteiger partial charge in [-0.3, -0.25) is 9.69 Å². The summed E-state index contributed by atoms with van der Waals surface area (Å²) in [6.45, 7) is 9.02. The number of fused-ring (bicyclic) bond motifs is 1. The van der Waals surface area contributed by atoms with Crippen LogP contribution in [-0.4, -0.2) is 70.3 Å². The lowest BCUT2D eigenvalue weighted by Crippen LogP contribution is -2.37. The topological polar surface area (TPSA) is 147 Å². The van der Waals surface area contributed by atoms with Crippen LogP contribution >= 0.6 is 0 Å². The number of anilines is 4. The van der Waals surface area contributed by atoms with E-state index in [4.69, 9.17) is 9.84 Å². The molecule has 218 valence electrons. The summed E-state index contributed by atoms with van der Waals surface area (Å²) in [4.78, 5) is 26.3. The standard InChI is InChI=1S/C29H36N6O5S/c1-17(2)41(38,39)24-8-6-5-7-22(24)32-28-30-16-31-29(34-28)33-23-13-18(3)26(21-14-19(4)40-27(21)23)20-9-11-35(12-10-20)15-25(36)37/h5-8,13,16-17,19-20H,9-12,14-15H2,1-4H3,(H,36,37)(H2,30,31,32,33,34). The molecular weight excluding hydrogens is 544 g/mol. The second-order valence-electron chi connectivity index (χ2n) is 11.0. The molecule has 0 spiro atoms. The fourth-order valence-corrected chi connectivity index (χ4v) is 6.91. The molecule has 0 saturated carbocycles. The Balaban J connectivity index is 1.39. The molecule has 1 atom stereocenters. The van der Waals surface area contributed by atoms with Crippen LogP contribution in [0.5, 0.6) is 5.75 Å². The number of hydrogen-bond acceptors (Lipinski definition) is 10. The van der Waals surface area contributed by atoms with Gasteiger partial charge < -0.3 is 20.5 Å². The van der Waals surface area contributed by atoms with Crippen molar-refractivity contribution in [1.82, 2.24) is 19.9 Å². The Hall–Kier alpha value is -3.77. The van der Waals surface area contributed by atoms with Gasteiger partial charge in [-0.2, -0.15) is 4.98 Å². The average molecular weight is 581 g/mol. The number of aromatic nitrogens is 3. The number of likely N-dealkylation sites (tertiary alicyclic amines) is 1. The summed E-state index contributed by atoms with van der Waals surface area (Å²) >= 11 is 0. The van der Waals surface area contributed by atoms with E-state index < -0.39 is 21.1 Å². The SMILES string of the molecule is Cc1cc(Nc2ncnc(Nc3ccccc3S(=O)(=O)C(C)C)n2)c2c(c1C1CCN(CC(=O)O)CC1)CC(C)O2. The first-order valence-electron chi connectivity index (χ1n) is 13.9. The summed E-state index contributed by atoms with van der Waals surface area (Å²) in [5, 5.41) is 14.9. The van der Waals surface area contributed by atoms with Gasteiger partial charge in [0, 0.05) is 12.0 Å². The lowest BCUT2D eigenvalue weighted by molar-refractivity contribution is -0.138. The molecular formula is C29H36N6O5S. The Morgan fingerprint density at radius 3 is 2.44 bits per heavy atom. The number of piperidine rings is 1. The fraction of sp³-hybridized carbons (Fsp3) is 0.448. The molecule has 1 aromatic heterocycles. The summed E-state index contributed by atoms with van der Waals surface area (Å²) < 4.78 is 32.0. The number of carboxylic acids is 1. The Bertz CT molecular complexity index is 1550. The minimum atomic E-state index is -3.52. The second-order valence-corrected chi connectivity index (χ2v) is 13.5. The third-order valence-corrected chi connectivity index (χ3v) is 9.88. The highest BCUT2D eigenvalue weighted by molar-refractivity contribution is 7.92. The monoisotopic (exact) mass is 580 g/mol. The lowest BCUT2D eigenvalue weighted by atomic mass is 9.82. The smallest absolute Gasteiger partial charge is 0.317 e. The Kier molecular flexibility index (Phi) is 8.14. The zero-order valence-electron chi connectivity index (χ0n) is 23.7. The molecule has 41 heavy (non-hydrogen) atoms. The van der Waals surface area contributed by atoms with Gasteiger partial charge >= 0.3 is 5.97 Å². The van der Waals surface area contributed by atoms with Gasteiger partial charge in [-0.05, 0) is 88.9 Å². The number of para-hydroxylation sites is 1. The summed E-state index contributed by atoms with van der Waals surface area (Å²) in [6, 6.07) is 8.75. The van der Waals surface area contributed by atoms with Crippen LogP contribution in [0.3, 0.4) is 0 Å². The predicted molar refractivity (Wildman–Crippen MR) is 156 cm³/mol. The molecule has 2 aliphatic rings. The van der Waals surface area contributed by atoms with Gasteiger partial charge in [0.2, 0.25) is 11.9 Å². The van der Waals surface area contributed by atoms with Gasteiger partial charge in [-0.15, -0.1) is 0 Å². The maximum Gasteiger partial charge on any atom is 0.317 e. The molecule has 11 nitrogen and oxygen atoms in total. The van der Waals surface area contributed by atoms with E-state index in [0.717, 1.165) is 49.4 Å². The number of nitrogens with zero attached hydrogens (tertiary/aromatic N) is 4. The number of sulfone groups is 1. The van der Waals surface area contributed by atoms with E-state index in [-0.39, 0.29) is 23.5 Å². The van der Waals surface area contributed by atoms with Crippen molar-refractivity contribution in [3.05, 3.63) is 53.3 Å². The van der Waals surface area contributed by atoms with Crippen molar-refractivity contribution >= 4 is 39.1 Å². The zero-order valence-corrected chi connectivity index (χ0v) is 24.5. The summed E-state index contributed by atoms with van der Waals surface area (Å²) in [7, 11) is -3.52. The number of aliphatic carboxylic acids is 1. The average Bonchev–Trinajstić information content (AvgIpc) is 3.31. The molecule has 0 radical (unpaired) electrons. The number of rotatable bonds is 9. The van der Waals surface area contributed by atoms with Gasteiger partial charge in [0.25, 0.3) is 0 Å². The molecule has 3 aromatic rings. The molecule has 12 heteroatoms. The van der Waals surface area contributed by atoms with Crippen LogP contribution in [0.25, 0.3) is 0 Å². The summed E-state index contributed by atoms with van der Waals surface area (Å²) in [5.41, 5.74) is 4.77. The fourth-order valence-electron chi connectivity index (χ4n) is 5.71. The summed E-state index contributed by atoms with van der Waals surface area (Å²) in [6.07, 6.45) is 3.98. The van der Waals surface area contributed by atoms with Crippen molar-refractivity contribution in [1.29, 1.82) is 0 Å². The van der Waals surface area contributed by atoms with Crippen LogP contribution in [0.4, 0.5) is 23.3 Å². The Labute approximate surface area is 240 Å². The van der Waals surface area contributed by atoms with Crippen molar-refractivity contribution in [2.45, 2.75) is 69.1 Å². The van der Waals surface area contributed by atoms with Gasteiger partial charge in [0.1, 0.15) is 18.2 Å². The van der Waals surface area contributed by atoms with Gasteiger partial charge in [0.15, 0.2) is 9.84 Å². The third kappa shape index (κ3) is 6.13. The van der Waals surface area contributed by atoms with Crippen LogP contribution in [0.15, 0.2) is 41.6 Å². The highest BCUT2D eigenvalue weighted by Crippen LogP contribution is 2.45. The predicted octanol–water partition coefficient (Wildman–Crippen LogP) is 4.44. The van der Waals surface area contributed by atoms with E-state index in [0.29, 0.717) is 17.6 Å². The molecule has 0 aliphatic carbocycles. The largest absolute Gasteiger partial charge is 0.488 e. The van der Waals surface area contributed by atoms with E-state index in [1.165, 1.54) is 17.5 Å². The number of nitrogens with one attached hydrogen (secondary N) is 2. The molecule has 3 N–H and O–H groups in total. The van der Waals surface area contributed by atoms with E-state index in [1.807, 2.05) is 11.8 Å². The number of ether oxygens (including phenoxy) is 1. The molecule has 5 rings (SSSR count). The number of benzene rings is 2. The maximum atomic E-state index is 12.9. The number of carboxylic acid groups (broad SMARTS) is 1. The van der Waals surface area contributed by atoms with E-state index >= 15 is 0 Å². The van der Waals surface area contributed by atoms with Crippen LogP contribution < -0.4 is 15.4 Å². The van der Waals surface area contributed by atoms with Gasteiger partial charge in [0.05, 0.1) is 28.1 Å². The zero-order chi connectivity index (χ0) is 29.3. The van der Waals surface area contributed by atoms with Crippen LogP contribution in [-0.2, 0) is 21.1 Å². The quantitative estimate of drug-likeness (QED) is 0.330. The number of aryl methyl sites for hydroxylation is 1. The van der Waals surface area contributed by atoms with E-state index in [9.17, 15) is 13.2 Å². The summed E-state index contributed by atoms with van der Waals surface area (Å²) in [5.74, 6) is 0.841. The minimum Gasteiger partial charge on any atom is -0.488 e. The van der Waals surface area contributed by atoms with Crippen molar-refractivity contribution < 1.29 is 23.1 Å². The minimum absolute atomic E-state index is 0.0215. The first kappa shape index (κ1) is 28.7. The van der Waals surface area contributed by atoms with Crippen molar-refractivity contribution in [2.75, 3.05) is 30.3 Å². The normalized spacial score (nSPS) is 17.7. The molecule has 0 amide bonds. The third-order valence-electron chi connectivity index (χ3n) is 7.67. The van der Waals surface area contributed by atoms with Gasteiger partial charge in [-0.1, -0.05) is 12.1 Å². The molecule has 1 fully saturated rings. The van der Waals surface area contributed by atoms with Crippen molar-refractivity contribution in [2.24, 2.45) is 0 Å². The highest BCUT2D eigenvalue weighted by Gasteiger charge is 2.32. The van der Waals surface area contributed by atoms with Crippen molar-refractivity contribution in [3.63, 3.8) is 0 Å². The van der Waals surface area contributed by atoms with Crippen LogP contribution in [0.2, 0.25) is 0 Å². The Morgan fingerprint density at radius 1 is 1.12 bits per heavy atom. The molecule has 3 heterocycles. The molecule has 1 saturated heterocycles. The molecule has 0 bridgehead atoms. The maximum absolute atomic E-state index is 12.9. The molecule has 2 aromatic carbocycles. The van der Waals surface area contributed by atoms with Gasteiger partial charge in [-0.25, -0.2) is 18.4 Å². The number of hydrogen-bond donors (Lipinski definition) is 3. The molecule has 1 unspecified atom stereocenters. The van der Waals surface area contributed by atoms with Crippen LogP contribution in [0, 0.1) is 6.92 Å². The van der Waals surface area contributed by atoms with E-state index in [1.54, 1.807) is 38.1 Å². The molecule has 2 aliphatic heterocycles. The van der Waals surface area contributed by atoms with Crippen molar-refractivity contribution in [3.8, 4) is 5.75 Å². The first-order chi connectivity index (χ1) is 19.5. The van der Waals surface area contributed by atoms with Crippen LogP contribution in [0.1, 0.15) is 56.2 Å². The Morgan fingerprint density at radius 2 is 1.78 bits per heavy atom. The number of carbonyl (C=O) groups is 1. The lowest BCUT2D eigenvalue weighted by Gasteiger charge is -2.33. The van der Waals surface area contributed by atoms with E-state index in [2.05, 4.69) is 38.6 Å².